The van der Waals surface area contributed by atoms with Crippen LogP contribution in [-0.4, -0.2) is 18.0 Å². The smallest absolute Gasteiger partial charge is 0.255 e. The highest BCUT2D eigenvalue weighted by atomic mass is 79.9. The number of amides is 1. The zero-order valence-electron chi connectivity index (χ0n) is 12.4. The molecule has 6 heteroatoms. The number of nitrogens with zero attached hydrogens (tertiary/aromatic N) is 1. The van der Waals surface area contributed by atoms with E-state index in [4.69, 9.17) is 4.74 Å². The summed E-state index contributed by atoms with van der Waals surface area (Å²) in [6, 6.07) is 5.26. The highest BCUT2D eigenvalue weighted by molar-refractivity contribution is 9.10. The van der Waals surface area contributed by atoms with Crippen LogP contribution in [-0.2, 0) is 0 Å². The first-order valence-corrected chi connectivity index (χ1v) is 8.11. The Labute approximate surface area is 136 Å². The van der Waals surface area contributed by atoms with Crippen LogP contribution < -0.4 is 10.1 Å². The van der Waals surface area contributed by atoms with Gasteiger partial charge in [-0.15, -0.1) is 11.3 Å². The van der Waals surface area contributed by atoms with Gasteiger partial charge in [0.1, 0.15) is 5.75 Å². The average molecular weight is 369 g/mol. The third-order valence-electron chi connectivity index (χ3n) is 3.09. The van der Waals surface area contributed by atoms with Crippen LogP contribution in [0.2, 0.25) is 0 Å². The molecule has 4 nitrogen and oxygen atoms in total. The average Bonchev–Trinajstić information content (AvgIpc) is 2.77. The van der Waals surface area contributed by atoms with E-state index in [1.165, 1.54) is 0 Å². The largest absolute Gasteiger partial charge is 0.496 e. The van der Waals surface area contributed by atoms with E-state index in [-0.39, 0.29) is 11.9 Å². The SMILES string of the molecule is COc1cc(Br)ccc1C(=O)NC(C)c1sc(C)nc1C. The fraction of sp³-hybridized carbons (Fsp3) is 0.333. The fourth-order valence-electron chi connectivity index (χ4n) is 2.14. The Morgan fingerprint density at radius 3 is 2.71 bits per heavy atom. The van der Waals surface area contributed by atoms with Gasteiger partial charge in [-0.25, -0.2) is 4.98 Å². The van der Waals surface area contributed by atoms with E-state index in [9.17, 15) is 4.79 Å². The number of nitrogens with one attached hydrogen (secondary N) is 1. The van der Waals surface area contributed by atoms with E-state index >= 15 is 0 Å². The van der Waals surface area contributed by atoms with Gasteiger partial charge in [0.25, 0.3) is 5.91 Å². The van der Waals surface area contributed by atoms with E-state index in [0.29, 0.717) is 11.3 Å². The standard InChI is InChI=1S/C15H17BrN2O2S/c1-8-14(21-10(3)17-8)9(2)18-15(19)12-6-5-11(16)7-13(12)20-4/h5-7,9H,1-4H3,(H,18,19). The number of methoxy groups -OCH3 is 1. The predicted molar refractivity (Wildman–Crippen MR) is 88.2 cm³/mol. The molecule has 1 aromatic heterocycles. The number of aromatic nitrogens is 1. The highest BCUT2D eigenvalue weighted by Crippen LogP contribution is 2.27. The van der Waals surface area contributed by atoms with Crippen LogP contribution in [0.4, 0.5) is 0 Å². The summed E-state index contributed by atoms with van der Waals surface area (Å²) in [5.41, 5.74) is 1.49. The van der Waals surface area contributed by atoms with Gasteiger partial charge < -0.3 is 10.1 Å². The first-order chi connectivity index (χ1) is 9.92. The fourth-order valence-corrected chi connectivity index (χ4v) is 3.41. The Kier molecular flexibility index (Phi) is 5.00. The van der Waals surface area contributed by atoms with E-state index in [1.54, 1.807) is 30.6 Å². The van der Waals surface area contributed by atoms with Crippen molar-refractivity contribution in [3.05, 3.63) is 43.8 Å². The van der Waals surface area contributed by atoms with Gasteiger partial charge in [-0.05, 0) is 39.0 Å². The lowest BCUT2D eigenvalue weighted by Crippen LogP contribution is -2.27. The van der Waals surface area contributed by atoms with Crippen molar-refractivity contribution >= 4 is 33.2 Å². The molecule has 0 bridgehead atoms. The van der Waals surface area contributed by atoms with Crippen LogP contribution in [0.5, 0.6) is 5.75 Å². The predicted octanol–water partition coefficient (Wildman–Crippen LogP) is 4.02. The summed E-state index contributed by atoms with van der Waals surface area (Å²) in [5.74, 6) is 0.392. The van der Waals surface area contributed by atoms with Crippen LogP contribution in [0.3, 0.4) is 0 Å². The molecular formula is C15H17BrN2O2S. The number of halogens is 1. The summed E-state index contributed by atoms with van der Waals surface area (Å²) >= 11 is 4.98. The highest BCUT2D eigenvalue weighted by Gasteiger charge is 2.18. The van der Waals surface area contributed by atoms with Gasteiger partial charge in [-0.3, -0.25) is 4.79 Å². The first-order valence-electron chi connectivity index (χ1n) is 6.50. The quantitative estimate of drug-likeness (QED) is 0.886. The molecule has 112 valence electrons. The van der Waals surface area contributed by atoms with Gasteiger partial charge in [0.2, 0.25) is 0 Å². The first kappa shape index (κ1) is 16.0. The van der Waals surface area contributed by atoms with Crippen LogP contribution >= 0.6 is 27.3 Å². The molecule has 0 aliphatic carbocycles. The minimum absolute atomic E-state index is 0.0861. The van der Waals surface area contributed by atoms with E-state index < -0.39 is 0 Å². The van der Waals surface area contributed by atoms with Crippen molar-refractivity contribution in [2.24, 2.45) is 0 Å². The van der Waals surface area contributed by atoms with Crippen molar-refractivity contribution in [3.8, 4) is 5.75 Å². The Bertz CT molecular complexity index is 670. The molecule has 0 saturated heterocycles. The van der Waals surface area contributed by atoms with Crippen molar-refractivity contribution < 1.29 is 9.53 Å². The molecule has 0 spiro atoms. The van der Waals surface area contributed by atoms with Gasteiger partial charge in [0.05, 0.1) is 29.4 Å². The topological polar surface area (TPSA) is 51.2 Å². The second-order valence-electron chi connectivity index (χ2n) is 4.72. The second kappa shape index (κ2) is 6.58. The molecule has 0 radical (unpaired) electrons. The maximum Gasteiger partial charge on any atom is 0.255 e. The number of hydrogen-bond donors (Lipinski definition) is 1. The zero-order valence-corrected chi connectivity index (χ0v) is 14.8. The number of aryl methyl sites for hydroxylation is 2. The maximum absolute atomic E-state index is 12.4. The molecule has 0 aliphatic rings. The molecular weight excluding hydrogens is 352 g/mol. The Hall–Kier alpha value is -1.40. The molecule has 0 saturated carbocycles. The van der Waals surface area contributed by atoms with E-state index in [2.05, 4.69) is 26.2 Å². The normalized spacial score (nSPS) is 12.0. The summed E-state index contributed by atoms with van der Waals surface area (Å²) in [6.07, 6.45) is 0. The molecule has 2 aromatic rings. The molecule has 0 aliphatic heterocycles. The third-order valence-corrected chi connectivity index (χ3v) is 4.84. The summed E-state index contributed by atoms with van der Waals surface area (Å²) in [6.45, 7) is 5.89. The molecule has 0 fully saturated rings. The van der Waals surface area contributed by atoms with Crippen molar-refractivity contribution in [1.82, 2.24) is 10.3 Å². The minimum atomic E-state index is -0.155. The van der Waals surface area contributed by atoms with Crippen LogP contribution in [0, 0.1) is 13.8 Å². The number of thiazole rings is 1. The lowest BCUT2D eigenvalue weighted by Gasteiger charge is -2.15. The number of benzene rings is 1. The van der Waals surface area contributed by atoms with E-state index in [0.717, 1.165) is 20.1 Å². The van der Waals surface area contributed by atoms with Gasteiger partial charge in [-0.2, -0.15) is 0 Å². The Morgan fingerprint density at radius 1 is 1.43 bits per heavy atom. The molecule has 1 atom stereocenters. The van der Waals surface area contributed by atoms with Gasteiger partial charge in [0.15, 0.2) is 0 Å². The van der Waals surface area contributed by atoms with Gasteiger partial charge >= 0.3 is 0 Å². The summed E-state index contributed by atoms with van der Waals surface area (Å²) in [5, 5.41) is 4.00. The maximum atomic E-state index is 12.4. The van der Waals surface area contributed by atoms with Crippen LogP contribution in [0.15, 0.2) is 22.7 Å². The molecule has 2 rings (SSSR count). The number of hydrogen-bond acceptors (Lipinski definition) is 4. The lowest BCUT2D eigenvalue weighted by molar-refractivity contribution is 0.0937. The van der Waals surface area contributed by atoms with Crippen LogP contribution in [0.25, 0.3) is 0 Å². The van der Waals surface area contributed by atoms with Crippen molar-refractivity contribution in [1.29, 1.82) is 0 Å². The van der Waals surface area contributed by atoms with E-state index in [1.807, 2.05) is 26.8 Å². The van der Waals surface area contributed by atoms with Gasteiger partial charge in [0, 0.05) is 9.35 Å². The Balaban J connectivity index is 2.20. The van der Waals surface area contributed by atoms with Crippen molar-refractivity contribution in [2.45, 2.75) is 26.8 Å². The molecule has 1 N–H and O–H groups in total. The third kappa shape index (κ3) is 3.63. The number of rotatable bonds is 4. The van der Waals surface area contributed by atoms with Gasteiger partial charge in [-0.1, -0.05) is 15.9 Å². The number of carbonyl (C=O) groups is 1. The molecule has 1 amide bonds. The summed E-state index contributed by atoms with van der Waals surface area (Å²) < 4.78 is 6.13. The second-order valence-corrected chi connectivity index (χ2v) is 6.87. The molecule has 1 heterocycles. The number of ether oxygens (including phenoxy) is 1. The summed E-state index contributed by atoms with van der Waals surface area (Å²) in [4.78, 5) is 17.9. The molecule has 21 heavy (non-hydrogen) atoms. The zero-order chi connectivity index (χ0) is 15.6. The number of carbonyl (C=O) groups excluding carboxylic acids is 1. The molecule has 1 aromatic carbocycles. The Morgan fingerprint density at radius 2 is 2.14 bits per heavy atom. The van der Waals surface area contributed by atoms with Crippen molar-refractivity contribution in [3.63, 3.8) is 0 Å². The van der Waals surface area contributed by atoms with Crippen molar-refractivity contribution in [2.75, 3.05) is 7.11 Å². The van der Waals surface area contributed by atoms with Crippen LogP contribution in [0.1, 0.15) is 38.9 Å². The monoisotopic (exact) mass is 368 g/mol. The summed E-state index contributed by atoms with van der Waals surface area (Å²) in [7, 11) is 1.55. The lowest BCUT2D eigenvalue weighted by atomic mass is 10.1. The molecule has 1 unspecified atom stereocenters. The minimum Gasteiger partial charge on any atom is -0.496 e.